The number of carbonyl (C=O) groups is 1. The highest BCUT2D eigenvalue weighted by Crippen LogP contribution is 2.33. The zero-order chi connectivity index (χ0) is 25.2. The average Bonchev–Trinajstić information content (AvgIpc) is 3.25. The zero-order valence-corrected chi connectivity index (χ0v) is 20.6. The number of benzene rings is 2. The molecule has 0 saturated heterocycles. The van der Waals surface area contributed by atoms with Crippen LogP contribution in [0.5, 0.6) is 0 Å². The van der Waals surface area contributed by atoms with Gasteiger partial charge in [-0.25, -0.2) is 4.98 Å². The molecule has 7 heteroatoms. The fourth-order valence-corrected chi connectivity index (χ4v) is 4.87. The van der Waals surface area contributed by atoms with Crippen LogP contribution in [0.3, 0.4) is 0 Å². The van der Waals surface area contributed by atoms with Crippen molar-refractivity contribution in [2.45, 2.75) is 51.6 Å². The maximum absolute atomic E-state index is 13.0. The van der Waals surface area contributed by atoms with Gasteiger partial charge in [-0.2, -0.15) is 5.26 Å². The largest absolute Gasteiger partial charge is 0.349 e. The summed E-state index contributed by atoms with van der Waals surface area (Å²) >= 11 is 0. The minimum atomic E-state index is -0.0925. The Labute approximate surface area is 211 Å². The molecule has 1 amide bonds. The molecule has 2 aromatic heterocycles. The van der Waals surface area contributed by atoms with Gasteiger partial charge in [0, 0.05) is 35.1 Å². The fourth-order valence-electron chi connectivity index (χ4n) is 4.87. The van der Waals surface area contributed by atoms with Crippen molar-refractivity contribution in [2.24, 2.45) is 5.73 Å². The molecule has 36 heavy (non-hydrogen) atoms. The van der Waals surface area contributed by atoms with Gasteiger partial charge in [-0.3, -0.25) is 9.20 Å². The highest BCUT2D eigenvalue weighted by atomic mass is 16.1. The second kappa shape index (κ2) is 9.84. The number of nitrogens with zero attached hydrogens (tertiary/aromatic N) is 3. The number of para-hydroxylation sites is 1. The number of carbonyl (C=O) groups excluding carboxylic acids is 1. The Morgan fingerprint density at radius 3 is 2.42 bits per heavy atom. The van der Waals surface area contributed by atoms with Crippen molar-refractivity contribution in [3.63, 3.8) is 0 Å². The first kappa shape index (κ1) is 23.6. The summed E-state index contributed by atoms with van der Waals surface area (Å²) in [7, 11) is 0. The summed E-state index contributed by atoms with van der Waals surface area (Å²) in [4.78, 5) is 17.9. The third kappa shape index (κ3) is 4.68. The summed E-state index contributed by atoms with van der Waals surface area (Å²) in [6.07, 6.45) is 5.57. The minimum absolute atomic E-state index is 0.0925. The molecule has 0 atom stereocenters. The van der Waals surface area contributed by atoms with Gasteiger partial charge in [0.15, 0.2) is 0 Å². The number of aromatic nitrogens is 2. The number of nitrogens with two attached hydrogens (primary N) is 1. The summed E-state index contributed by atoms with van der Waals surface area (Å²) in [6, 6.07) is 19.8. The molecule has 2 aromatic carbocycles. The van der Waals surface area contributed by atoms with Crippen molar-refractivity contribution in [1.82, 2.24) is 14.7 Å². The van der Waals surface area contributed by atoms with E-state index in [1.807, 2.05) is 40.9 Å². The molecule has 0 radical (unpaired) electrons. The van der Waals surface area contributed by atoms with Crippen LogP contribution in [0, 0.1) is 25.2 Å². The standard InChI is InChI=1S/C29H30N6O/c1-18-4-3-5-19(2)26(18)34-28-27(21-8-6-20(17-30)7-9-21)33-25-16-22(14-15-35(25)28)29(36)32-24-12-10-23(31)11-13-24/h3-9,14-16,23-24,34H,10-13,31H2,1-2H3,(H,32,36). The molecule has 1 aliphatic rings. The molecule has 7 nitrogen and oxygen atoms in total. The highest BCUT2D eigenvalue weighted by molar-refractivity contribution is 5.95. The first-order chi connectivity index (χ1) is 17.4. The van der Waals surface area contributed by atoms with E-state index in [4.69, 9.17) is 10.7 Å². The number of aryl methyl sites for hydroxylation is 2. The molecule has 2 heterocycles. The predicted molar refractivity (Wildman–Crippen MR) is 142 cm³/mol. The van der Waals surface area contributed by atoms with Crippen LogP contribution < -0.4 is 16.4 Å². The van der Waals surface area contributed by atoms with Gasteiger partial charge >= 0.3 is 0 Å². The van der Waals surface area contributed by atoms with Gasteiger partial charge in [-0.15, -0.1) is 0 Å². The smallest absolute Gasteiger partial charge is 0.251 e. The van der Waals surface area contributed by atoms with Crippen LogP contribution in [-0.4, -0.2) is 27.4 Å². The monoisotopic (exact) mass is 478 g/mol. The van der Waals surface area contributed by atoms with E-state index in [9.17, 15) is 10.1 Å². The summed E-state index contributed by atoms with van der Waals surface area (Å²) in [6.45, 7) is 4.14. The number of fused-ring (bicyclic) bond motifs is 1. The average molecular weight is 479 g/mol. The lowest BCUT2D eigenvalue weighted by Gasteiger charge is -2.26. The number of nitriles is 1. The van der Waals surface area contributed by atoms with E-state index < -0.39 is 0 Å². The van der Waals surface area contributed by atoms with Crippen molar-refractivity contribution in [3.05, 3.63) is 83.0 Å². The van der Waals surface area contributed by atoms with E-state index in [0.717, 1.165) is 59.6 Å². The van der Waals surface area contributed by atoms with Crippen LogP contribution in [0.15, 0.2) is 60.8 Å². The second-order valence-electron chi connectivity index (χ2n) is 9.62. The molecule has 1 aliphatic carbocycles. The summed E-state index contributed by atoms with van der Waals surface area (Å²) in [5, 5.41) is 16.0. The Morgan fingerprint density at radius 2 is 1.75 bits per heavy atom. The van der Waals surface area contributed by atoms with Gasteiger partial charge in [0.2, 0.25) is 0 Å². The second-order valence-corrected chi connectivity index (χ2v) is 9.62. The predicted octanol–water partition coefficient (Wildman–Crippen LogP) is 5.23. The Bertz CT molecular complexity index is 1440. The number of imidazole rings is 1. The molecule has 1 fully saturated rings. The van der Waals surface area contributed by atoms with Gasteiger partial charge in [0.25, 0.3) is 5.91 Å². The topological polar surface area (TPSA) is 108 Å². The van der Waals surface area contributed by atoms with Crippen molar-refractivity contribution in [3.8, 4) is 17.3 Å². The lowest BCUT2D eigenvalue weighted by Crippen LogP contribution is -2.40. The Morgan fingerprint density at radius 1 is 1.06 bits per heavy atom. The zero-order valence-electron chi connectivity index (χ0n) is 20.6. The summed E-state index contributed by atoms with van der Waals surface area (Å²) in [5.74, 6) is 0.713. The van der Waals surface area contributed by atoms with E-state index in [1.165, 1.54) is 0 Å². The number of hydrogen-bond acceptors (Lipinski definition) is 5. The molecule has 4 aromatic rings. The van der Waals surface area contributed by atoms with Crippen LogP contribution in [0.25, 0.3) is 16.9 Å². The molecule has 5 rings (SSSR count). The van der Waals surface area contributed by atoms with Gasteiger partial charge in [0.1, 0.15) is 17.2 Å². The number of anilines is 2. The van der Waals surface area contributed by atoms with Gasteiger partial charge in [-0.1, -0.05) is 30.3 Å². The Kier molecular flexibility index (Phi) is 6.45. The maximum Gasteiger partial charge on any atom is 0.251 e. The van der Waals surface area contributed by atoms with E-state index in [2.05, 4.69) is 42.7 Å². The Balaban J connectivity index is 1.54. The number of hydrogen-bond donors (Lipinski definition) is 3. The van der Waals surface area contributed by atoms with E-state index in [1.54, 1.807) is 12.1 Å². The lowest BCUT2D eigenvalue weighted by molar-refractivity contribution is 0.0926. The van der Waals surface area contributed by atoms with Gasteiger partial charge in [0.05, 0.1) is 11.6 Å². The molecular weight excluding hydrogens is 448 g/mol. The molecule has 0 bridgehead atoms. The van der Waals surface area contributed by atoms with E-state index in [0.29, 0.717) is 16.8 Å². The van der Waals surface area contributed by atoms with Crippen molar-refractivity contribution < 1.29 is 4.79 Å². The first-order valence-corrected chi connectivity index (χ1v) is 12.4. The molecule has 4 N–H and O–H groups in total. The molecule has 0 unspecified atom stereocenters. The van der Waals surface area contributed by atoms with Crippen LogP contribution in [0.4, 0.5) is 11.5 Å². The molecule has 0 spiro atoms. The van der Waals surface area contributed by atoms with Crippen molar-refractivity contribution in [1.29, 1.82) is 5.26 Å². The van der Waals surface area contributed by atoms with E-state index in [-0.39, 0.29) is 18.0 Å². The normalized spacial score (nSPS) is 17.5. The Hall–Kier alpha value is -4.15. The third-order valence-corrected chi connectivity index (χ3v) is 7.01. The maximum atomic E-state index is 13.0. The molecule has 0 aliphatic heterocycles. The van der Waals surface area contributed by atoms with Gasteiger partial charge in [-0.05, 0) is 74.9 Å². The van der Waals surface area contributed by atoms with Crippen LogP contribution in [0.2, 0.25) is 0 Å². The molecule has 1 saturated carbocycles. The SMILES string of the molecule is Cc1cccc(C)c1Nc1c(-c2ccc(C#N)cc2)nc2cc(C(=O)NC3CCC(N)CC3)ccn12. The highest BCUT2D eigenvalue weighted by Gasteiger charge is 2.22. The number of amides is 1. The van der Waals surface area contributed by atoms with Crippen molar-refractivity contribution in [2.75, 3.05) is 5.32 Å². The number of nitrogens with one attached hydrogen (secondary N) is 2. The summed E-state index contributed by atoms with van der Waals surface area (Å²) in [5.41, 5.74) is 12.8. The minimum Gasteiger partial charge on any atom is -0.349 e. The van der Waals surface area contributed by atoms with Crippen molar-refractivity contribution >= 4 is 23.1 Å². The number of rotatable bonds is 5. The quantitative estimate of drug-likeness (QED) is 0.364. The summed E-state index contributed by atoms with van der Waals surface area (Å²) < 4.78 is 1.97. The molecule has 182 valence electrons. The van der Waals surface area contributed by atoms with Crippen LogP contribution >= 0.6 is 0 Å². The first-order valence-electron chi connectivity index (χ1n) is 12.4. The number of pyridine rings is 1. The lowest BCUT2D eigenvalue weighted by atomic mass is 9.91. The fraction of sp³-hybridized carbons (Fsp3) is 0.276. The molecular formula is C29H30N6O. The van der Waals surface area contributed by atoms with E-state index >= 15 is 0 Å². The van der Waals surface area contributed by atoms with Crippen LogP contribution in [0.1, 0.15) is 52.7 Å². The van der Waals surface area contributed by atoms with Crippen LogP contribution in [-0.2, 0) is 0 Å². The third-order valence-electron chi connectivity index (χ3n) is 7.01. The van der Waals surface area contributed by atoms with Gasteiger partial charge < -0.3 is 16.4 Å².